The van der Waals surface area contributed by atoms with Crippen LogP contribution in [0.3, 0.4) is 0 Å². The number of carbonyl (C=O) groups excluding carboxylic acids is 1. The number of ether oxygens (including phenoxy) is 2. The van der Waals surface area contributed by atoms with Gasteiger partial charge in [0.1, 0.15) is 11.4 Å². The fourth-order valence-electron chi connectivity index (χ4n) is 5.22. The smallest absolute Gasteiger partial charge is 0.419 e. The van der Waals surface area contributed by atoms with Gasteiger partial charge >= 0.3 is 6.09 Å². The number of methoxy groups -OCH3 is 1. The molecule has 0 spiro atoms. The van der Waals surface area contributed by atoms with E-state index in [-0.39, 0.29) is 13.0 Å². The molecule has 1 aliphatic heterocycles. The summed E-state index contributed by atoms with van der Waals surface area (Å²) >= 11 is 0. The molecule has 42 heavy (non-hydrogen) atoms. The number of fused-ring (bicyclic) bond motifs is 1. The van der Waals surface area contributed by atoms with Crippen LogP contribution in [0.25, 0.3) is 22.2 Å². The van der Waals surface area contributed by atoms with Gasteiger partial charge < -0.3 is 18.9 Å². The Kier molecular flexibility index (Phi) is 8.52. The van der Waals surface area contributed by atoms with Crippen molar-refractivity contribution < 1.29 is 23.0 Å². The Balaban J connectivity index is 1.56. The van der Waals surface area contributed by atoms with Crippen molar-refractivity contribution in [3.05, 3.63) is 66.7 Å². The van der Waals surface area contributed by atoms with Crippen LogP contribution in [0.1, 0.15) is 33.0 Å². The van der Waals surface area contributed by atoms with E-state index in [1.54, 1.807) is 39.0 Å². The summed E-state index contributed by atoms with van der Waals surface area (Å²) < 4.78 is 52.3. The second-order valence-electron chi connectivity index (χ2n) is 11.5. The van der Waals surface area contributed by atoms with Crippen LogP contribution in [-0.2, 0) is 33.1 Å². The topological polar surface area (TPSA) is 85.4 Å². The lowest BCUT2D eigenvalue weighted by atomic mass is 10.1. The van der Waals surface area contributed by atoms with Crippen molar-refractivity contribution >= 4 is 33.4 Å². The highest BCUT2D eigenvalue weighted by molar-refractivity contribution is 7.86. The van der Waals surface area contributed by atoms with Gasteiger partial charge in [0.25, 0.3) is 5.92 Å². The Hall–Kier alpha value is -3.57. The van der Waals surface area contributed by atoms with Crippen LogP contribution in [-0.4, -0.2) is 64.3 Å². The maximum Gasteiger partial charge on any atom is 0.419 e. The molecule has 1 saturated heterocycles. The van der Waals surface area contributed by atoms with Crippen molar-refractivity contribution in [2.75, 3.05) is 37.5 Å². The molecule has 224 valence electrons. The van der Waals surface area contributed by atoms with Crippen molar-refractivity contribution in [2.45, 2.75) is 56.6 Å². The highest BCUT2D eigenvalue weighted by atomic mass is 32.2. The van der Waals surface area contributed by atoms with Crippen LogP contribution in [0.5, 0.6) is 0 Å². The molecule has 11 heteroatoms. The second kappa shape index (κ2) is 12.0. The highest BCUT2D eigenvalue weighted by Crippen LogP contribution is 2.40. The molecule has 1 fully saturated rings. The maximum atomic E-state index is 14.4. The number of nitrogens with zero attached hydrogens (tertiary/aromatic N) is 4. The molecule has 8 nitrogen and oxygen atoms in total. The molecule has 1 aliphatic rings. The number of halogens is 2. The normalized spacial score (nSPS) is 15.8. The Labute approximate surface area is 247 Å². The minimum absolute atomic E-state index is 0.197. The number of para-hydroxylation sites is 1. The minimum atomic E-state index is -2.79. The number of hydrogen-bond acceptors (Lipinski definition) is 6. The monoisotopic (exact) mass is 597 g/mol. The summed E-state index contributed by atoms with van der Waals surface area (Å²) in [5.41, 5.74) is 1.71. The molecule has 0 bridgehead atoms. The molecular weight excluding hydrogens is 560 g/mol. The van der Waals surface area contributed by atoms with Gasteiger partial charge in [0.2, 0.25) is 0 Å². The molecule has 3 heterocycles. The van der Waals surface area contributed by atoms with E-state index >= 15 is 0 Å². The fourth-order valence-corrected chi connectivity index (χ4v) is 6.34. The predicted molar refractivity (Wildman–Crippen MR) is 162 cm³/mol. The van der Waals surface area contributed by atoms with Crippen LogP contribution in [0.2, 0.25) is 0 Å². The molecule has 0 saturated carbocycles. The Morgan fingerprint density at radius 1 is 1.17 bits per heavy atom. The largest absolute Gasteiger partial charge is 0.443 e. The SMILES string of the molecule is COCCn1ccnc1CCS(=N)c1ccc(N2CCC(F)(F)C2)c(-c2cc3ccccc3n2C(=O)OC(C)(C)C)c1. The van der Waals surface area contributed by atoms with Crippen LogP contribution in [0.4, 0.5) is 19.3 Å². The number of alkyl halides is 2. The third kappa shape index (κ3) is 6.57. The molecule has 2 aromatic heterocycles. The van der Waals surface area contributed by atoms with Crippen molar-refractivity contribution in [3.63, 3.8) is 0 Å². The Morgan fingerprint density at radius 2 is 1.95 bits per heavy atom. The lowest BCUT2D eigenvalue weighted by Crippen LogP contribution is -2.28. The third-order valence-corrected chi connectivity index (χ3v) is 8.63. The number of anilines is 1. The van der Waals surface area contributed by atoms with Crippen LogP contribution in [0, 0.1) is 4.78 Å². The van der Waals surface area contributed by atoms with E-state index in [1.807, 2.05) is 59.3 Å². The van der Waals surface area contributed by atoms with Gasteiger partial charge in [-0.2, -0.15) is 0 Å². The zero-order valence-electron chi connectivity index (χ0n) is 24.4. The zero-order valence-corrected chi connectivity index (χ0v) is 25.2. The van der Waals surface area contributed by atoms with Crippen molar-refractivity contribution in [1.29, 1.82) is 4.78 Å². The van der Waals surface area contributed by atoms with Crippen LogP contribution < -0.4 is 4.90 Å². The number of imidazole rings is 1. The molecular formula is C31H37F2N5O3S. The first-order valence-electron chi connectivity index (χ1n) is 14.0. The van der Waals surface area contributed by atoms with Gasteiger partial charge in [0.05, 0.1) is 24.4 Å². The number of benzene rings is 2. The summed E-state index contributed by atoms with van der Waals surface area (Å²) in [5, 5.41) is 0.828. The first kappa shape index (κ1) is 29.9. The minimum Gasteiger partial charge on any atom is -0.443 e. The van der Waals surface area contributed by atoms with E-state index < -0.39 is 34.9 Å². The van der Waals surface area contributed by atoms with Gasteiger partial charge in [0.15, 0.2) is 0 Å². The lowest BCUT2D eigenvalue weighted by Gasteiger charge is -2.25. The summed E-state index contributed by atoms with van der Waals surface area (Å²) in [6.45, 7) is 6.47. The van der Waals surface area contributed by atoms with E-state index in [2.05, 4.69) is 4.98 Å². The summed E-state index contributed by atoms with van der Waals surface area (Å²) in [7, 11) is 0.739. The molecule has 1 unspecified atom stereocenters. The molecule has 1 N–H and O–H groups in total. The lowest BCUT2D eigenvalue weighted by molar-refractivity contribution is 0.0257. The van der Waals surface area contributed by atoms with Crippen molar-refractivity contribution in [3.8, 4) is 11.3 Å². The van der Waals surface area contributed by atoms with Crippen LogP contribution in [0.15, 0.2) is 65.8 Å². The number of hydrogen-bond donors (Lipinski definition) is 1. The summed E-state index contributed by atoms with van der Waals surface area (Å²) in [6, 6.07) is 14.9. The number of nitrogens with one attached hydrogen (secondary N) is 1. The van der Waals surface area contributed by atoms with Crippen molar-refractivity contribution in [2.24, 2.45) is 0 Å². The molecule has 0 radical (unpaired) electrons. The van der Waals surface area contributed by atoms with E-state index in [1.165, 1.54) is 4.57 Å². The Bertz CT molecular complexity index is 1610. The predicted octanol–water partition coefficient (Wildman–Crippen LogP) is 6.76. The number of carbonyl (C=O) groups is 1. The molecule has 0 aliphatic carbocycles. The van der Waals surface area contributed by atoms with Crippen LogP contribution >= 0.6 is 0 Å². The molecule has 0 amide bonds. The number of rotatable bonds is 9. The number of aromatic nitrogens is 3. The average molecular weight is 598 g/mol. The number of aryl methyl sites for hydroxylation is 1. The molecule has 5 rings (SSSR count). The highest BCUT2D eigenvalue weighted by Gasteiger charge is 2.39. The second-order valence-corrected chi connectivity index (χ2v) is 13.1. The average Bonchev–Trinajstić information content (AvgIpc) is 3.65. The van der Waals surface area contributed by atoms with Gasteiger partial charge in [-0.15, -0.1) is 0 Å². The van der Waals surface area contributed by atoms with Gasteiger partial charge in [-0.05, 0) is 51.1 Å². The fraction of sp³-hybridized carbons (Fsp3) is 0.419. The van der Waals surface area contributed by atoms with Gasteiger partial charge in [-0.3, -0.25) is 4.78 Å². The molecule has 2 aromatic carbocycles. The quantitative estimate of drug-likeness (QED) is 0.230. The van der Waals surface area contributed by atoms with E-state index in [0.29, 0.717) is 47.8 Å². The van der Waals surface area contributed by atoms with Gasteiger partial charge in [0, 0.05) is 72.7 Å². The van der Waals surface area contributed by atoms with E-state index in [4.69, 9.17) is 14.3 Å². The molecule has 1 atom stereocenters. The molecule has 4 aromatic rings. The zero-order chi connectivity index (χ0) is 30.1. The summed E-state index contributed by atoms with van der Waals surface area (Å²) in [6.07, 6.45) is 3.49. The van der Waals surface area contributed by atoms with Gasteiger partial charge in [-0.1, -0.05) is 28.9 Å². The summed E-state index contributed by atoms with van der Waals surface area (Å²) in [5.74, 6) is -1.37. The summed E-state index contributed by atoms with van der Waals surface area (Å²) in [4.78, 5) is 20.5. The maximum absolute atomic E-state index is 14.4. The first-order valence-corrected chi connectivity index (χ1v) is 15.4. The van der Waals surface area contributed by atoms with E-state index in [0.717, 1.165) is 16.1 Å². The first-order chi connectivity index (χ1) is 20.0. The van der Waals surface area contributed by atoms with Gasteiger partial charge in [-0.25, -0.2) is 23.1 Å². The standard InChI is InChI=1S/C31H37F2N5O3S/c1-30(2,3)41-29(39)38-25-8-6-5-7-22(25)19-27(38)24-20-23(9-10-26(24)37-14-12-31(32,33)21-37)42(34)18-11-28-35-13-15-36(28)16-17-40-4/h5-10,13,15,19-20,34H,11-12,14,16-18,21H2,1-4H3. The van der Waals surface area contributed by atoms with E-state index in [9.17, 15) is 13.6 Å². The van der Waals surface area contributed by atoms with Crippen molar-refractivity contribution in [1.82, 2.24) is 14.1 Å². The Morgan fingerprint density at radius 3 is 2.67 bits per heavy atom. The third-order valence-electron chi connectivity index (χ3n) is 7.19.